The van der Waals surface area contributed by atoms with E-state index < -0.39 is 0 Å². The van der Waals surface area contributed by atoms with E-state index >= 15 is 0 Å². The monoisotopic (exact) mass is 418 g/mol. The molecule has 0 saturated carbocycles. The van der Waals surface area contributed by atoms with E-state index in [4.69, 9.17) is 4.74 Å². The molecule has 2 heterocycles. The third kappa shape index (κ3) is 4.26. The molecule has 0 spiro atoms. The van der Waals surface area contributed by atoms with Gasteiger partial charge in [-0.25, -0.2) is 9.67 Å². The maximum Gasteiger partial charge on any atom is 0.255 e. The first-order valence-electron chi connectivity index (χ1n) is 9.61. The first kappa shape index (κ1) is 19.8. The Morgan fingerprint density at radius 3 is 2.63 bits per heavy atom. The van der Waals surface area contributed by atoms with Gasteiger partial charge in [-0.15, -0.1) is 11.3 Å². The van der Waals surface area contributed by atoms with Crippen LogP contribution in [0.3, 0.4) is 0 Å². The highest BCUT2D eigenvalue weighted by atomic mass is 32.1. The average molecular weight is 419 g/mol. The Labute approximate surface area is 179 Å². The van der Waals surface area contributed by atoms with Crippen LogP contribution in [0.25, 0.3) is 5.69 Å². The van der Waals surface area contributed by atoms with Gasteiger partial charge < -0.3 is 10.1 Å². The summed E-state index contributed by atoms with van der Waals surface area (Å²) in [6.45, 7) is 4.69. The van der Waals surface area contributed by atoms with Crippen LogP contribution < -0.4 is 10.1 Å². The van der Waals surface area contributed by atoms with Crippen molar-refractivity contribution >= 4 is 17.2 Å². The average Bonchev–Trinajstić information content (AvgIpc) is 3.39. The maximum atomic E-state index is 12.9. The van der Waals surface area contributed by atoms with Crippen molar-refractivity contribution in [2.45, 2.75) is 27.0 Å². The first-order chi connectivity index (χ1) is 14.6. The standard InChI is InChI=1S/C23H22N4O2S/c1-16-21(17(2)27(26-16)19-8-4-3-5-9-19)12-24-23(28)20-10-6-7-11-22(20)29-13-18-14-30-15-25-18/h3-11,14-15H,12-13H2,1-2H3,(H,24,28). The molecule has 7 heteroatoms. The van der Waals surface area contributed by atoms with Gasteiger partial charge in [-0.3, -0.25) is 4.79 Å². The van der Waals surface area contributed by atoms with E-state index in [1.54, 1.807) is 17.6 Å². The second-order valence-corrected chi connectivity index (χ2v) is 7.56. The summed E-state index contributed by atoms with van der Waals surface area (Å²) < 4.78 is 7.74. The molecule has 4 rings (SSSR count). The Kier molecular flexibility index (Phi) is 5.90. The van der Waals surface area contributed by atoms with Gasteiger partial charge in [0.1, 0.15) is 12.4 Å². The van der Waals surface area contributed by atoms with Crippen LogP contribution in [0.5, 0.6) is 5.75 Å². The van der Waals surface area contributed by atoms with E-state index in [0.29, 0.717) is 24.5 Å². The third-order valence-electron chi connectivity index (χ3n) is 4.86. The minimum atomic E-state index is -0.185. The molecule has 0 unspecified atom stereocenters. The van der Waals surface area contributed by atoms with Crippen molar-refractivity contribution in [3.05, 3.63) is 93.7 Å². The SMILES string of the molecule is Cc1nn(-c2ccccc2)c(C)c1CNC(=O)c1ccccc1OCc1cscn1. The molecule has 0 bridgehead atoms. The molecule has 4 aromatic rings. The van der Waals surface area contributed by atoms with Crippen molar-refractivity contribution < 1.29 is 9.53 Å². The van der Waals surface area contributed by atoms with Crippen molar-refractivity contribution in [1.29, 1.82) is 0 Å². The van der Waals surface area contributed by atoms with Gasteiger partial charge in [0.2, 0.25) is 0 Å². The zero-order valence-electron chi connectivity index (χ0n) is 16.8. The number of carbonyl (C=O) groups is 1. The zero-order chi connectivity index (χ0) is 20.9. The van der Waals surface area contributed by atoms with E-state index in [-0.39, 0.29) is 5.91 Å². The molecule has 0 saturated heterocycles. The van der Waals surface area contributed by atoms with Gasteiger partial charge in [0, 0.05) is 23.2 Å². The highest BCUT2D eigenvalue weighted by molar-refractivity contribution is 7.07. The third-order valence-corrected chi connectivity index (χ3v) is 5.49. The van der Waals surface area contributed by atoms with Crippen LogP contribution in [0.1, 0.15) is 33.0 Å². The van der Waals surface area contributed by atoms with Crippen LogP contribution in [-0.4, -0.2) is 20.7 Å². The summed E-state index contributed by atoms with van der Waals surface area (Å²) >= 11 is 1.52. The smallest absolute Gasteiger partial charge is 0.255 e. The highest BCUT2D eigenvalue weighted by Gasteiger charge is 2.16. The molecule has 0 aliphatic rings. The number of thiazole rings is 1. The van der Waals surface area contributed by atoms with Crippen molar-refractivity contribution in [3.63, 3.8) is 0 Å². The molecule has 0 aliphatic carbocycles. The Balaban J connectivity index is 1.47. The number of nitrogens with zero attached hydrogens (tertiary/aromatic N) is 3. The Hall–Kier alpha value is -3.45. The van der Waals surface area contributed by atoms with E-state index in [1.165, 1.54) is 11.3 Å². The van der Waals surface area contributed by atoms with Crippen molar-refractivity contribution in [2.24, 2.45) is 0 Å². The number of ether oxygens (including phenoxy) is 1. The number of hydrogen-bond donors (Lipinski definition) is 1. The summed E-state index contributed by atoms with van der Waals surface area (Å²) in [6, 6.07) is 17.2. The molecule has 0 fully saturated rings. The van der Waals surface area contributed by atoms with Gasteiger partial charge >= 0.3 is 0 Å². The van der Waals surface area contributed by atoms with Gasteiger partial charge in [-0.2, -0.15) is 5.10 Å². The molecule has 1 amide bonds. The number of rotatable bonds is 7. The normalized spacial score (nSPS) is 10.7. The number of para-hydroxylation sites is 2. The zero-order valence-corrected chi connectivity index (χ0v) is 17.6. The Morgan fingerprint density at radius 2 is 1.87 bits per heavy atom. The number of benzene rings is 2. The maximum absolute atomic E-state index is 12.9. The number of aryl methyl sites for hydroxylation is 1. The van der Waals surface area contributed by atoms with Gasteiger partial charge in [-0.1, -0.05) is 30.3 Å². The minimum Gasteiger partial charge on any atom is -0.486 e. The lowest BCUT2D eigenvalue weighted by Crippen LogP contribution is -2.24. The molecule has 2 aromatic heterocycles. The summed E-state index contributed by atoms with van der Waals surface area (Å²) in [5, 5.41) is 9.58. The van der Waals surface area contributed by atoms with E-state index in [0.717, 1.165) is 28.3 Å². The van der Waals surface area contributed by atoms with Gasteiger partial charge in [-0.05, 0) is 38.1 Å². The molecular weight excluding hydrogens is 396 g/mol. The Morgan fingerprint density at radius 1 is 1.10 bits per heavy atom. The molecule has 6 nitrogen and oxygen atoms in total. The molecular formula is C23H22N4O2S. The van der Waals surface area contributed by atoms with Crippen LogP contribution in [0.4, 0.5) is 0 Å². The topological polar surface area (TPSA) is 69.0 Å². The molecule has 152 valence electrons. The second-order valence-electron chi connectivity index (χ2n) is 6.84. The summed E-state index contributed by atoms with van der Waals surface area (Å²) in [5.41, 5.74) is 7.01. The predicted molar refractivity (Wildman–Crippen MR) is 117 cm³/mol. The van der Waals surface area contributed by atoms with Crippen LogP contribution in [0.2, 0.25) is 0 Å². The lowest BCUT2D eigenvalue weighted by molar-refractivity contribution is 0.0946. The highest BCUT2D eigenvalue weighted by Crippen LogP contribution is 2.21. The van der Waals surface area contributed by atoms with Gasteiger partial charge in [0.15, 0.2) is 0 Å². The summed E-state index contributed by atoms with van der Waals surface area (Å²) in [5.74, 6) is 0.353. The number of aromatic nitrogens is 3. The van der Waals surface area contributed by atoms with Crippen LogP contribution in [0.15, 0.2) is 65.5 Å². The predicted octanol–water partition coefficient (Wildman–Crippen LogP) is 4.45. The molecule has 1 N–H and O–H groups in total. The molecule has 30 heavy (non-hydrogen) atoms. The van der Waals surface area contributed by atoms with E-state index in [9.17, 15) is 4.79 Å². The number of nitrogens with one attached hydrogen (secondary N) is 1. The fraction of sp³-hybridized carbons (Fsp3) is 0.174. The molecule has 0 atom stereocenters. The van der Waals surface area contributed by atoms with Crippen LogP contribution in [-0.2, 0) is 13.2 Å². The summed E-state index contributed by atoms with van der Waals surface area (Å²) in [4.78, 5) is 17.1. The summed E-state index contributed by atoms with van der Waals surface area (Å²) in [6.07, 6.45) is 0. The van der Waals surface area contributed by atoms with E-state index in [2.05, 4.69) is 15.4 Å². The van der Waals surface area contributed by atoms with Crippen LogP contribution >= 0.6 is 11.3 Å². The summed E-state index contributed by atoms with van der Waals surface area (Å²) in [7, 11) is 0. The number of amides is 1. The molecule has 0 radical (unpaired) electrons. The van der Waals surface area contributed by atoms with Crippen molar-refractivity contribution in [3.8, 4) is 11.4 Å². The quantitative estimate of drug-likeness (QED) is 0.481. The largest absolute Gasteiger partial charge is 0.486 e. The van der Waals surface area contributed by atoms with Crippen LogP contribution in [0, 0.1) is 13.8 Å². The second kappa shape index (κ2) is 8.92. The lowest BCUT2D eigenvalue weighted by atomic mass is 10.1. The lowest BCUT2D eigenvalue weighted by Gasteiger charge is -2.11. The van der Waals surface area contributed by atoms with Crippen molar-refractivity contribution in [1.82, 2.24) is 20.1 Å². The minimum absolute atomic E-state index is 0.185. The van der Waals surface area contributed by atoms with E-state index in [1.807, 2.05) is 66.4 Å². The number of hydrogen-bond acceptors (Lipinski definition) is 5. The van der Waals surface area contributed by atoms with Gasteiger partial charge in [0.25, 0.3) is 5.91 Å². The fourth-order valence-corrected chi connectivity index (χ4v) is 3.80. The fourth-order valence-electron chi connectivity index (χ4n) is 3.26. The van der Waals surface area contributed by atoms with Gasteiger partial charge in [0.05, 0.1) is 28.1 Å². The Bertz CT molecular complexity index is 1140. The first-order valence-corrected chi connectivity index (χ1v) is 10.6. The number of carbonyl (C=O) groups excluding carboxylic acids is 1. The molecule has 0 aliphatic heterocycles. The van der Waals surface area contributed by atoms with Crippen molar-refractivity contribution in [2.75, 3.05) is 0 Å². The molecule has 2 aromatic carbocycles.